The van der Waals surface area contributed by atoms with Crippen molar-refractivity contribution >= 4 is 28.2 Å². The molecule has 10 heteroatoms. The average Bonchev–Trinajstić information content (AvgIpc) is 3.08. The van der Waals surface area contributed by atoms with E-state index in [1.807, 2.05) is 18.2 Å². The van der Waals surface area contributed by atoms with E-state index >= 15 is 0 Å². The number of aromatic nitrogens is 2. The largest absolute Gasteiger partial charge is 0.480 e. The van der Waals surface area contributed by atoms with Crippen LogP contribution in [-0.4, -0.2) is 35.7 Å². The number of hydrogen-bond donors (Lipinski definition) is 0. The fourth-order valence-electron chi connectivity index (χ4n) is 3.41. The lowest BCUT2D eigenvalue weighted by atomic mass is 10.1. The van der Waals surface area contributed by atoms with E-state index in [0.717, 1.165) is 16.4 Å². The molecule has 7 nitrogen and oxygen atoms in total. The Morgan fingerprint density at radius 1 is 1.20 bits per heavy atom. The number of anilines is 2. The maximum Gasteiger partial charge on any atom is 0.417 e. The van der Waals surface area contributed by atoms with Gasteiger partial charge in [0.2, 0.25) is 5.88 Å². The van der Waals surface area contributed by atoms with Gasteiger partial charge in [0.25, 0.3) is 0 Å². The molecule has 1 atom stereocenters. The van der Waals surface area contributed by atoms with Gasteiger partial charge in [-0.2, -0.15) is 18.4 Å². The van der Waals surface area contributed by atoms with E-state index in [-0.39, 0.29) is 18.1 Å². The first-order valence-electron chi connectivity index (χ1n) is 8.79. The molecule has 3 heterocycles. The zero-order chi connectivity index (χ0) is 21.5. The Morgan fingerprint density at radius 3 is 2.67 bits per heavy atom. The lowest BCUT2D eigenvalue weighted by Crippen LogP contribution is -2.35. The first-order chi connectivity index (χ1) is 14.3. The lowest BCUT2D eigenvalue weighted by molar-refractivity contribution is -0.137. The van der Waals surface area contributed by atoms with Gasteiger partial charge >= 0.3 is 12.2 Å². The second kappa shape index (κ2) is 7.18. The van der Waals surface area contributed by atoms with E-state index < -0.39 is 23.8 Å². The van der Waals surface area contributed by atoms with E-state index in [1.54, 1.807) is 18.3 Å². The van der Waals surface area contributed by atoms with Crippen LogP contribution < -0.4 is 14.5 Å². The Morgan fingerprint density at radius 2 is 1.97 bits per heavy atom. The predicted octanol–water partition coefficient (Wildman–Crippen LogP) is 4.00. The number of nitrogens with zero attached hydrogens (tertiary/aromatic N) is 5. The second-order valence-electron chi connectivity index (χ2n) is 6.54. The van der Waals surface area contributed by atoms with E-state index in [9.17, 15) is 23.2 Å². The minimum Gasteiger partial charge on any atom is -0.480 e. The Hall–Kier alpha value is -3.87. The summed E-state index contributed by atoms with van der Waals surface area (Å²) in [5, 5.41) is 11.1. The number of hydrogen-bond acceptors (Lipinski definition) is 5. The van der Waals surface area contributed by atoms with Crippen LogP contribution in [0.3, 0.4) is 0 Å². The van der Waals surface area contributed by atoms with Crippen LogP contribution in [0.1, 0.15) is 5.56 Å². The summed E-state index contributed by atoms with van der Waals surface area (Å²) in [4.78, 5) is 23.4. The molecule has 30 heavy (non-hydrogen) atoms. The molecule has 0 aliphatic carbocycles. The molecule has 152 valence electrons. The number of alkyl halides is 3. The van der Waals surface area contributed by atoms with Gasteiger partial charge in [-0.3, -0.25) is 14.8 Å². The van der Waals surface area contributed by atoms with E-state index in [0.29, 0.717) is 17.3 Å². The van der Waals surface area contributed by atoms with Crippen molar-refractivity contribution in [3.05, 3.63) is 54.5 Å². The molecular formula is C20H14F3N5O2. The fraction of sp³-hybridized carbons (Fsp3) is 0.200. The molecule has 4 rings (SSSR count). The van der Waals surface area contributed by atoms with Crippen LogP contribution in [0.25, 0.3) is 10.8 Å². The summed E-state index contributed by atoms with van der Waals surface area (Å²) in [5.41, 5.74) is -0.788. The third kappa shape index (κ3) is 3.14. The Labute approximate surface area is 168 Å². The van der Waals surface area contributed by atoms with E-state index in [2.05, 4.69) is 9.97 Å². The van der Waals surface area contributed by atoms with Crippen LogP contribution in [-0.2, 0) is 6.18 Å². The van der Waals surface area contributed by atoms with Gasteiger partial charge in [0.05, 0.1) is 37.2 Å². The highest BCUT2D eigenvalue weighted by Crippen LogP contribution is 2.39. The highest BCUT2D eigenvalue weighted by atomic mass is 19.4. The van der Waals surface area contributed by atoms with Crippen molar-refractivity contribution in [3.8, 4) is 11.9 Å². The highest BCUT2D eigenvalue weighted by Gasteiger charge is 2.42. The van der Waals surface area contributed by atoms with Crippen molar-refractivity contribution in [1.82, 2.24) is 9.97 Å². The maximum atomic E-state index is 13.3. The van der Waals surface area contributed by atoms with Gasteiger partial charge in [0, 0.05) is 23.2 Å². The molecule has 0 radical (unpaired) electrons. The molecule has 1 aliphatic heterocycles. The van der Waals surface area contributed by atoms with Crippen molar-refractivity contribution in [2.75, 3.05) is 23.5 Å². The second-order valence-corrected chi connectivity index (χ2v) is 6.54. The number of rotatable bonds is 3. The third-order valence-electron chi connectivity index (χ3n) is 4.80. The molecule has 0 spiro atoms. The minimum absolute atomic E-state index is 0.147. The molecule has 1 aromatic carbocycles. The van der Waals surface area contributed by atoms with Gasteiger partial charge in [-0.1, -0.05) is 24.3 Å². The summed E-state index contributed by atoms with van der Waals surface area (Å²) in [7, 11) is 1.24. The molecule has 0 N–H and O–H groups in total. The number of pyridine rings is 2. The number of methoxy groups -OCH3 is 1. The molecule has 3 aromatic rings. The normalized spacial score (nSPS) is 16.8. The van der Waals surface area contributed by atoms with Crippen LogP contribution in [0.2, 0.25) is 0 Å². The topological polar surface area (TPSA) is 82.3 Å². The van der Waals surface area contributed by atoms with Crippen molar-refractivity contribution in [2.45, 2.75) is 12.2 Å². The first kappa shape index (κ1) is 19.4. The van der Waals surface area contributed by atoms with E-state index in [4.69, 9.17) is 4.74 Å². The number of fused-ring (bicyclic) bond motifs is 1. The molecular weight excluding hydrogens is 399 g/mol. The number of ether oxygens (including phenoxy) is 1. The molecule has 0 bridgehead atoms. The summed E-state index contributed by atoms with van der Waals surface area (Å²) in [6.45, 7) is -0.155. The summed E-state index contributed by atoms with van der Waals surface area (Å²) < 4.78 is 44.6. The van der Waals surface area contributed by atoms with Crippen LogP contribution in [0, 0.1) is 11.3 Å². The van der Waals surface area contributed by atoms with Gasteiger partial charge in [0.15, 0.2) is 0 Å². The van der Waals surface area contributed by atoms with Gasteiger partial charge in [-0.15, -0.1) is 0 Å². The van der Waals surface area contributed by atoms with Crippen LogP contribution in [0.4, 0.5) is 29.3 Å². The summed E-state index contributed by atoms with van der Waals surface area (Å²) in [6, 6.07) is 8.42. The zero-order valence-corrected chi connectivity index (χ0v) is 15.6. The Balaban J connectivity index is 1.82. The minimum atomic E-state index is -4.65. The first-order valence-corrected chi connectivity index (χ1v) is 8.79. The molecule has 1 saturated heterocycles. The third-order valence-corrected chi connectivity index (χ3v) is 4.80. The Kier molecular flexibility index (Phi) is 4.66. The lowest BCUT2D eigenvalue weighted by Gasteiger charge is -2.22. The number of nitriles is 1. The van der Waals surface area contributed by atoms with Crippen LogP contribution >= 0.6 is 0 Å². The SMILES string of the molecule is COc1ncc(C(F)(F)F)cc1N1C[C@@H](C#N)N(c2cncc3ccccc23)C1=O. The number of amides is 2. The van der Waals surface area contributed by atoms with Gasteiger partial charge in [-0.25, -0.2) is 9.78 Å². The number of halogens is 3. The average molecular weight is 413 g/mol. The zero-order valence-electron chi connectivity index (χ0n) is 15.6. The number of urea groups is 1. The van der Waals surface area contributed by atoms with Crippen LogP contribution in [0.15, 0.2) is 48.9 Å². The molecule has 2 amide bonds. The highest BCUT2D eigenvalue weighted by molar-refractivity contribution is 6.12. The van der Waals surface area contributed by atoms with Crippen molar-refractivity contribution < 1.29 is 22.7 Å². The predicted molar refractivity (Wildman–Crippen MR) is 102 cm³/mol. The molecule has 1 aliphatic rings. The van der Waals surface area contributed by atoms with Gasteiger partial charge in [-0.05, 0) is 6.07 Å². The van der Waals surface area contributed by atoms with Crippen LogP contribution in [0.5, 0.6) is 5.88 Å². The fourth-order valence-corrected chi connectivity index (χ4v) is 3.41. The number of carbonyl (C=O) groups is 1. The summed E-state index contributed by atoms with van der Waals surface area (Å²) in [6.07, 6.45) is -0.935. The smallest absolute Gasteiger partial charge is 0.417 e. The molecule has 2 aromatic heterocycles. The van der Waals surface area contributed by atoms with Crippen molar-refractivity contribution in [1.29, 1.82) is 5.26 Å². The Bertz CT molecular complexity index is 1170. The number of benzene rings is 1. The standard InChI is InChI=1S/C20H14F3N5O2/c1-30-18-16(6-13(9-26-18)20(21,22)23)27-11-14(7-24)28(19(27)29)17-10-25-8-12-4-2-3-5-15(12)17/h2-6,8-10,14H,11H2,1H3/t14-/m1/s1. The van der Waals surface area contributed by atoms with Gasteiger partial charge < -0.3 is 4.74 Å². The summed E-state index contributed by atoms with van der Waals surface area (Å²) >= 11 is 0. The van der Waals surface area contributed by atoms with E-state index in [1.165, 1.54) is 18.2 Å². The van der Waals surface area contributed by atoms with Crippen molar-refractivity contribution in [2.24, 2.45) is 0 Å². The summed E-state index contributed by atoms with van der Waals surface area (Å²) in [5.74, 6) is -0.147. The maximum absolute atomic E-state index is 13.3. The molecule has 0 saturated carbocycles. The van der Waals surface area contributed by atoms with Crippen molar-refractivity contribution in [3.63, 3.8) is 0 Å². The monoisotopic (exact) mass is 413 g/mol. The quantitative estimate of drug-likeness (QED) is 0.648. The molecule has 0 unspecified atom stereocenters. The number of carbonyl (C=O) groups excluding carboxylic acids is 1. The van der Waals surface area contributed by atoms with Gasteiger partial charge in [0.1, 0.15) is 11.7 Å². The molecule has 1 fully saturated rings.